The summed E-state index contributed by atoms with van der Waals surface area (Å²) in [7, 11) is 0. The van der Waals surface area contributed by atoms with Crippen molar-refractivity contribution in [2.75, 3.05) is 13.4 Å². The minimum absolute atomic E-state index is 0.0318. The van der Waals surface area contributed by atoms with E-state index in [0.717, 1.165) is 11.1 Å². The van der Waals surface area contributed by atoms with Crippen LogP contribution in [0.3, 0.4) is 0 Å². The molecule has 3 aliphatic heterocycles. The Morgan fingerprint density at radius 1 is 1.07 bits per heavy atom. The van der Waals surface area contributed by atoms with E-state index >= 15 is 0 Å². The van der Waals surface area contributed by atoms with Crippen LogP contribution in [-0.4, -0.2) is 23.6 Å². The molecule has 2 N–H and O–H groups in total. The lowest BCUT2D eigenvalue weighted by molar-refractivity contribution is -0.0865. The highest BCUT2D eigenvalue weighted by molar-refractivity contribution is 5.59. The smallest absolute Gasteiger partial charge is 0.231 e. The average Bonchev–Trinajstić information content (AvgIpc) is 3.20. The van der Waals surface area contributed by atoms with Crippen molar-refractivity contribution in [3.8, 4) is 28.7 Å². The number of aliphatic hydroxyl groups is 1. The number of rotatable bonds is 2. The van der Waals surface area contributed by atoms with Crippen molar-refractivity contribution in [3.63, 3.8) is 0 Å². The van der Waals surface area contributed by atoms with Gasteiger partial charge in [-0.2, -0.15) is 0 Å². The van der Waals surface area contributed by atoms with Gasteiger partial charge in [0, 0.05) is 23.3 Å². The van der Waals surface area contributed by atoms with Crippen LogP contribution in [0.1, 0.15) is 36.6 Å². The summed E-state index contributed by atoms with van der Waals surface area (Å²) >= 11 is 0. The highest BCUT2D eigenvalue weighted by Gasteiger charge is 2.53. The predicted molar refractivity (Wildman–Crippen MR) is 96.6 cm³/mol. The molecule has 27 heavy (non-hydrogen) atoms. The lowest BCUT2D eigenvalue weighted by Crippen LogP contribution is -2.41. The first-order chi connectivity index (χ1) is 13.0. The third kappa shape index (κ3) is 2.36. The molecule has 3 heterocycles. The Hall–Kier alpha value is -2.86. The Bertz CT molecular complexity index is 975. The van der Waals surface area contributed by atoms with E-state index in [1.807, 2.05) is 26.0 Å². The minimum atomic E-state index is -1.33. The maximum atomic E-state index is 11.4. The Labute approximate surface area is 156 Å². The molecule has 2 aromatic carbocycles. The molecule has 0 fully saturated rings. The molecule has 140 valence electrons. The van der Waals surface area contributed by atoms with Crippen molar-refractivity contribution in [2.24, 2.45) is 0 Å². The van der Waals surface area contributed by atoms with E-state index in [9.17, 15) is 10.2 Å². The van der Waals surface area contributed by atoms with E-state index in [1.165, 1.54) is 5.57 Å². The highest BCUT2D eigenvalue weighted by Crippen LogP contribution is 2.56. The average molecular weight is 368 g/mol. The molecule has 3 aliphatic rings. The fourth-order valence-corrected chi connectivity index (χ4v) is 3.83. The summed E-state index contributed by atoms with van der Waals surface area (Å²) in [4.78, 5) is 0. The molecule has 2 atom stereocenters. The van der Waals surface area contributed by atoms with E-state index in [-0.39, 0.29) is 19.1 Å². The van der Waals surface area contributed by atoms with Crippen LogP contribution < -0.4 is 18.9 Å². The van der Waals surface area contributed by atoms with Gasteiger partial charge in [-0.1, -0.05) is 11.6 Å². The number of phenolic OH excluding ortho intramolecular Hbond substituents is 1. The standard InChI is InChI=1S/C21H20O6/c1-11(2)3-4-12-5-13-16(7-15(12)22)24-9-21(23)14-6-18-19(26-10-25-18)8-17(14)27-20(13)21/h3,5-8,20,22-23H,4,9-10H2,1-2H3/t20-,21+/m0/s1. The van der Waals surface area contributed by atoms with Gasteiger partial charge in [-0.25, -0.2) is 0 Å². The van der Waals surface area contributed by atoms with Gasteiger partial charge in [-0.15, -0.1) is 0 Å². The number of benzene rings is 2. The Morgan fingerprint density at radius 3 is 2.63 bits per heavy atom. The second-order valence-electron chi connectivity index (χ2n) is 7.42. The van der Waals surface area contributed by atoms with E-state index in [0.29, 0.717) is 35.0 Å². The van der Waals surface area contributed by atoms with E-state index in [4.69, 9.17) is 18.9 Å². The molecular weight excluding hydrogens is 348 g/mol. The molecule has 0 radical (unpaired) electrons. The van der Waals surface area contributed by atoms with Crippen molar-refractivity contribution < 1.29 is 29.2 Å². The van der Waals surface area contributed by atoms with Crippen molar-refractivity contribution in [1.29, 1.82) is 0 Å². The number of ether oxygens (including phenoxy) is 4. The second kappa shape index (κ2) is 5.57. The quantitative estimate of drug-likeness (QED) is 0.792. The summed E-state index contributed by atoms with van der Waals surface area (Å²) in [6, 6.07) is 6.96. The Kier molecular flexibility index (Phi) is 3.37. The first kappa shape index (κ1) is 16.3. The molecule has 0 amide bonds. The molecule has 0 aromatic heterocycles. The van der Waals surface area contributed by atoms with Gasteiger partial charge in [0.05, 0.1) is 0 Å². The second-order valence-corrected chi connectivity index (χ2v) is 7.42. The largest absolute Gasteiger partial charge is 0.508 e. The maximum Gasteiger partial charge on any atom is 0.231 e. The van der Waals surface area contributed by atoms with Crippen LogP contribution in [0.15, 0.2) is 35.9 Å². The van der Waals surface area contributed by atoms with Crippen LogP contribution in [0.4, 0.5) is 0 Å². The zero-order chi connectivity index (χ0) is 18.8. The van der Waals surface area contributed by atoms with Crippen molar-refractivity contribution in [2.45, 2.75) is 32.0 Å². The van der Waals surface area contributed by atoms with Gasteiger partial charge in [0.2, 0.25) is 6.79 Å². The zero-order valence-electron chi connectivity index (χ0n) is 15.1. The molecule has 0 unspecified atom stereocenters. The molecule has 0 saturated heterocycles. The molecule has 2 aromatic rings. The molecule has 0 aliphatic carbocycles. The lowest BCUT2D eigenvalue weighted by atomic mass is 9.84. The molecular formula is C21H20O6. The van der Waals surface area contributed by atoms with Gasteiger partial charge in [0.25, 0.3) is 0 Å². The summed E-state index contributed by atoms with van der Waals surface area (Å²) < 4.78 is 22.8. The topological polar surface area (TPSA) is 77.4 Å². The number of aromatic hydroxyl groups is 1. The van der Waals surface area contributed by atoms with E-state index in [1.54, 1.807) is 18.2 Å². The Morgan fingerprint density at radius 2 is 1.85 bits per heavy atom. The third-order valence-corrected chi connectivity index (χ3v) is 5.29. The summed E-state index contributed by atoms with van der Waals surface area (Å²) in [5.74, 6) is 2.45. The highest BCUT2D eigenvalue weighted by atomic mass is 16.7. The zero-order valence-corrected chi connectivity index (χ0v) is 15.1. The number of hydrogen-bond acceptors (Lipinski definition) is 6. The summed E-state index contributed by atoms with van der Waals surface area (Å²) in [6.45, 7) is 4.21. The van der Waals surface area contributed by atoms with Gasteiger partial charge in [0.15, 0.2) is 23.2 Å². The van der Waals surface area contributed by atoms with Gasteiger partial charge in [0.1, 0.15) is 23.9 Å². The minimum Gasteiger partial charge on any atom is -0.508 e. The summed E-state index contributed by atoms with van der Waals surface area (Å²) in [5, 5.41) is 21.7. The van der Waals surface area contributed by atoms with Crippen LogP contribution in [0, 0.1) is 0 Å². The third-order valence-electron chi connectivity index (χ3n) is 5.29. The van der Waals surface area contributed by atoms with E-state index < -0.39 is 11.7 Å². The Balaban J connectivity index is 1.59. The monoisotopic (exact) mass is 368 g/mol. The van der Waals surface area contributed by atoms with Gasteiger partial charge < -0.3 is 29.2 Å². The van der Waals surface area contributed by atoms with E-state index in [2.05, 4.69) is 0 Å². The van der Waals surface area contributed by atoms with Crippen molar-refractivity contribution >= 4 is 0 Å². The summed E-state index contributed by atoms with van der Waals surface area (Å²) in [6.07, 6.45) is 2.01. The number of allylic oxidation sites excluding steroid dienone is 2. The number of hydrogen-bond donors (Lipinski definition) is 2. The fraction of sp³-hybridized carbons (Fsp3) is 0.333. The lowest BCUT2D eigenvalue weighted by Gasteiger charge is -2.35. The van der Waals surface area contributed by atoms with Gasteiger partial charge in [-0.3, -0.25) is 0 Å². The SMILES string of the molecule is CC(C)=CCc1cc2c(cc1O)OC[C@@]1(O)c3cc4c(cc3O[C@@H]21)OCO4. The first-order valence-corrected chi connectivity index (χ1v) is 8.91. The van der Waals surface area contributed by atoms with Crippen molar-refractivity contribution in [1.82, 2.24) is 0 Å². The van der Waals surface area contributed by atoms with Crippen LogP contribution in [0.25, 0.3) is 0 Å². The summed E-state index contributed by atoms with van der Waals surface area (Å²) in [5.41, 5.74) is 1.95. The predicted octanol–water partition coefficient (Wildman–Crippen LogP) is 3.34. The van der Waals surface area contributed by atoms with Gasteiger partial charge in [-0.05, 0) is 38.0 Å². The molecule has 6 heteroatoms. The number of fused-ring (bicyclic) bond motifs is 6. The normalized spacial score (nSPS) is 23.6. The van der Waals surface area contributed by atoms with Crippen LogP contribution in [0.5, 0.6) is 28.7 Å². The van der Waals surface area contributed by atoms with Gasteiger partial charge >= 0.3 is 0 Å². The molecule has 0 saturated carbocycles. The first-order valence-electron chi connectivity index (χ1n) is 8.91. The maximum absolute atomic E-state index is 11.4. The van der Waals surface area contributed by atoms with Crippen molar-refractivity contribution in [3.05, 3.63) is 52.6 Å². The van der Waals surface area contributed by atoms with Crippen LogP contribution in [-0.2, 0) is 12.0 Å². The fourth-order valence-electron chi connectivity index (χ4n) is 3.83. The number of phenols is 1. The van der Waals surface area contributed by atoms with Crippen LogP contribution in [0.2, 0.25) is 0 Å². The molecule has 5 rings (SSSR count). The molecule has 6 nitrogen and oxygen atoms in total. The molecule has 0 spiro atoms. The molecule has 0 bridgehead atoms. The van der Waals surface area contributed by atoms with Crippen LogP contribution >= 0.6 is 0 Å².